The number of hydrogen-bond acceptors (Lipinski definition) is 4. The summed E-state index contributed by atoms with van der Waals surface area (Å²) in [5.41, 5.74) is 1.38. The van der Waals surface area contributed by atoms with Gasteiger partial charge >= 0.3 is 0 Å². The molecular formula is C18H15NO4. The summed E-state index contributed by atoms with van der Waals surface area (Å²) < 4.78 is 10.6. The van der Waals surface area contributed by atoms with Crippen LogP contribution < -0.4 is 15.5 Å². The molecule has 0 radical (unpaired) electrons. The molecule has 5 heteroatoms. The molecule has 0 aliphatic rings. The van der Waals surface area contributed by atoms with E-state index in [0.717, 1.165) is 0 Å². The summed E-state index contributed by atoms with van der Waals surface area (Å²) in [7, 11) is 0. The third-order valence-corrected chi connectivity index (χ3v) is 3.34. The lowest BCUT2D eigenvalue weighted by Crippen LogP contribution is -2.12. The summed E-state index contributed by atoms with van der Waals surface area (Å²) in [6.07, 6.45) is 1.35. The summed E-state index contributed by atoms with van der Waals surface area (Å²) in [4.78, 5) is 24.0. The highest BCUT2D eigenvalue weighted by molar-refractivity contribution is 6.05. The number of carbonyl (C=O) groups is 1. The molecule has 0 aliphatic carbocycles. The molecule has 5 nitrogen and oxygen atoms in total. The van der Waals surface area contributed by atoms with Gasteiger partial charge in [-0.15, -0.1) is 0 Å². The number of benzene rings is 2. The Kier molecular flexibility index (Phi) is 4.10. The van der Waals surface area contributed by atoms with Crippen LogP contribution >= 0.6 is 0 Å². The first-order valence-corrected chi connectivity index (χ1v) is 7.23. The standard InChI is InChI=1S/C18H15NO4/c1-2-22-14-6-3-12(4-7-14)18(21)19-13-5-8-17-15(11-13)16(20)9-10-23-17/h3-11H,2H2,1H3,(H,19,21). The van der Waals surface area contributed by atoms with Crippen molar-refractivity contribution < 1.29 is 13.9 Å². The van der Waals surface area contributed by atoms with E-state index in [1.165, 1.54) is 12.3 Å². The molecule has 0 fully saturated rings. The Hall–Kier alpha value is -3.08. The Balaban J connectivity index is 1.82. The van der Waals surface area contributed by atoms with E-state index in [0.29, 0.717) is 34.6 Å². The van der Waals surface area contributed by atoms with Gasteiger partial charge in [-0.25, -0.2) is 0 Å². The second-order valence-electron chi connectivity index (χ2n) is 4.91. The van der Waals surface area contributed by atoms with Crippen LogP contribution in [0.4, 0.5) is 5.69 Å². The Morgan fingerprint density at radius 1 is 1.13 bits per heavy atom. The highest BCUT2D eigenvalue weighted by Gasteiger charge is 2.08. The number of anilines is 1. The van der Waals surface area contributed by atoms with Crippen LogP contribution in [0.3, 0.4) is 0 Å². The number of hydrogen-bond donors (Lipinski definition) is 1. The number of rotatable bonds is 4. The minimum atomic E-state index is -0.257. The summed E-state index contributed by atoms with van der Waals surface area (Å²) in [6, 6.07) is 13.2. The van der Waals surface area contributed by atoms with E-state index in [4.69, 9.17) is 9.15 Å². The topological polar surface area (TPSA) is 68.5 Å². The third-order valence-electron chi connectivity index (χ3n) is 3.34. The molecule has 1 N–H and O–H groups in total. The maximum absolute atomic E-state index is 12.3. The van der Waals surface area contributed by atoms with E-state index in [9.17, 15) is 9.59 Å². The predicted molar refractivity (Wildman–Crippen MR) is 88.0 cm³/mol. The molecular weight excluding hydrogens is 294 g/mol. The molecule has 0 saturated heterocycles. The highest BCUT2D eigenvalue weighted by atomic mass is 16.5. The maximum Gasteiger partial charge on any atom is 0.255 e. The van der Waals surface area contributed by atoms with Crippen molar-refractivity contribution in [3.05, 3.63) is 70.6 Å². The van der Waals surface area contributed by atoms with E-state index < -0.39 is 0 Å². The molecule has 1 aromatic heterocycles. The molecule has 3 rings (SSSR count). The van der Waals surface area contributed by atoms with Gasteiger partial charge in [0.15, 0.2) is 5.43 Å². The Morgan fingerprint density at radius 3 is 2.65 bits per heavy atom. The second-order valence-corrected chi connectivity index (χ2v) is 4.91. The van der Waals surface area contributed by atoms with Crippen LogP contribution in [0.25, 0.3) is 11.0 Å². The van der Waals surface area contributed by atoms with E-state index in [1.807, 2.05) is 6.92 Å². The predicted octanol–water partition coefficient (Wildman–Crippen LogP) is 3.44. The number of fused-ring (bicyclic) bond motifs is 1. The molecule has 0 saturated carbocycles. The lowest BCUT2D eigenvalue weighted by molar-refractivity contribution is 0.102. The molecule has 2 aromatic carbocycles. The quantitative estimate of drug-likeness (QED) is 0.801. The van der Waals surface area contributed by atoms with Crippen molar-refractivity contribution in [2.24, 2.45) is 0 Å². The van der Waals surface area contributed by atoms with E-state index in [-0.39, 0.29) is 11.3 Å². The van der Waals surface area contributed by atoms with Crippen molar-refractivity contribution in [2.75, 3.05) is 11.9 Å². The van der Waals surface area contributed by atoms with Crippen LogP contribution in [0.5, 0.6) is 5.75 Å². The number of ether oxygens (including phenoxy) is 1. The fraction of sp³-hybridized carbons (Fsp3) is 0.111. The van der Waals surface area contributed by atoms with Gasteiger partial charge in [0.25, 0.3) is 5.91 Å². The fourth-order valence-electron chi connectivity index (χ4n) is 2.23. The normalized spacial score (nSPS) is 10.5. The Morgan fingerprint density at radius 2 is 1.91 bits per heavy atom. The lowest BCUT2D eigenvalue weighted by atomic mass is 10.1. The van der Waals surface area contributed by atoms with Crippen molar-refractivity contribution in [3.63, 3.8) is 0 Å². The average molecular weight is 309 g/mol. The minimum absolute atomic E-state index is 0.150. The smallest absolute Gasteiger partial charge is 0.255 e. The first kappa shape index (κ1) is 14.8. The zero-order chi connectivity index (χ0) is 16.2. The van der Waals surface area contributed by atoms with Crippen LogP contribution in [0.2, 0.25) is 0 Å². The van der Waals surface area contributed by atoms with E-state index in [1.54, 1.807) is 42.5 Å². The molecule has 0 aliphatic heterocycles. The van der Waals surface area contributed by atoms with Crippen molar-refractivity contribution in [1.29, 1.82) is 0 Å². The molecule has 116 valence electrons. The van der Waals surface area contributed by atoms with Gasteiger partial charge in [-0.2, -0.15) is 0 Å². The Labute approximate surface area is 132 Å². The monoisotopic (exact) mass is 309 g/mol. The summed E-state index contributed by atoms with van der Waals surface area (Å²) >= 11 is 0. The zero-order valence-electron chi connectivity index (χ0n) is 12.5. The summed E-state index contributed by atoms with van der Waals surface area (Å²) in [5.74, 6) is 0.458. The van der Waals surface area contributed by atoms with Crippen molar-refractivity contribution in [3.8, 4) is 5.75 Å². The van der Waals surface area contributed by atoms with Gasteiger partial charge in [0.1, 0.15) is 11.3 Å². The highest BCUT2D eigenvalue weighted by Crippen LogP contribution is 2.18. The maximum atomic E-state index is 12.3. The van der Waals surface area contributed by atoms with Gasteiger partial charge in [-0.1, -0.05) is 0 Å². The van der Waals surface area contributed by atoms with Gasteiger partial charge in [0, 0.05) is 17.3 Å². The first-order valence-electron chi connectivity index (χ1n) is 7.23. The van der Waals surface area contributed by atoms with Crippen LogP contribution in [-0.4, -0.2) is 12.5 Å². The molecule has 0 unspecified atom stereocenters. The van der Waals surface area contributed by atoms with Crippen molar-refractivity contribution in [1.82, 2.24) is 0 Å². The molecule has 0 atom stereocenters. The van der Waals surface area contributed by atoms with Gasteiger partial charge in [0.2, 0.25) is 0 Å². The lowest BCUT2D eigenvalue weighted by Gasteiger charge is -2.07. The largest absolute Gasteiger partial charge is 0.494 e. The van der Waals surface area contributed by atoms with Gasteiger partial charge in [-0.05, 0) is 49.4 Å². The Bertz CT molecular complexity index is 897. The fourth-order valence-corrected chi connectivity index (χ4v) is 2.23. The van der Waals surface area contributed by atoms with Gasteiger partial charge < -0.3 is 14.5 Å². The van der Waals surface area contributed by atoms with Crippen LogP contribution in [-0.2, 0) is 0 Å². The number of carbonyl (C=O) groups excluding carboxylic acids is 1. The number of nitrogens with one attached hydrogen (secondary N) is 1. The number of amides is 1. The van der Waals surface area contributed by atoms with Crippen molar-refractivity contribution in [2.45, 2.75) is 6.92 Å². The minimum Gasteiger partial charge on any atom is -0.494 e. The van der Waals surface area contributed by atoms with Crippen LogP contribution in [0, 0.1) is 0 Å². The van der Waals surface area contributed by atoms with Gasteiger partial charge in [-0.3, -0.25) is 9.59 Å². The molecule has 0 spiro atoms. The van der Waals surface area contributed by atoms with Crippen molar-refractivity contribution >= 4 is 22.6 Å². The molecule has 3 aromatic rings. The third kappa shape index (κ3) is 3.23. The molecule has 1 heterocycles. The van der Waals surface area contributed by atoms with Gasteiger partial charge in [0.05, 0.1) is 18.3 Å². The van der Waals surface area contributed by atoms with E-state index in [2.05, 4.69) is 5.32 Å². The zero-order valence-corrected chi connectivity index (χ0v) is 12.5. The summed E-state index contributed by atoms with van der Waals surface area (Å²) in [6.45, 7) is 2.47. The molecule has 1 amide bonds. The molecule has 0 bridgehead atoms. The average Bonchev–Trinajstić information content (AvgIpc) is 2.56. The van der Waals surface area contributed by atoms with E-state index >= 15 is 0 Å². The van der Waals surface area contributed by atoms with Crippen LogP contribution in [0.15, 0.2) is 64.0 Å². The second kappa shape index (κ2) is 6.36. The summed E-state index contributed by atoms with van der Waals surface area (Å²) in [5, 5.41) is 3.20. The SMILES string of the molecule is CCOc1ccc(C(=O)Nc2ccc3occc(=O)c3c2)cc1. The van der Waals surface area contributed by atoms with Crippen LogP contribution in [0.1, 0.15) is 17.3 Å². The molecule has 23 heavy (non-hydrogen) atoms. The first-order chi connectivity index (χ1) is 11.2.